The number of benzene rings is 1. The Hall–Kier alpha value is -1.35. The van der Waals surface area contributed by atoms with Gasteiger partial charge in [0.1, 0.15) is 11.5 Å². The number of aliphatic hydroxyl groups is 1. The number of ketones is 1. The van der Waals surface area contributed by atoms with Crippen molar-refractivity contribution in [3.05, 3.63) is 29.3 Å². The summed E-state index contributed by atoms with van der Waals surface area (Å²) in [4.78, 5) is 12.3. The van der Waals surface area contributed by atoms with Gasteiger partial charge in [0.2, 0.25) is 0 Å². The van der Waals surface area contributed by atoms with Gasteiger partial charge in [0, 0.05) is 11.8 Å². The monoisotopic (exact) mass is 286 g/mol. The zero-order valence-electron chi connectivity index (χ0n) is 12.4. The molecule has 2 fully saturated rings. The fraction of sp³-hybridized carbons (Fsp3) is 0.611. The average Bonchev–Trinajstić information content (AvgIpc) is 2.76. The second-order valence-corrected chi connectivity index (χ2v) is 7.36. The van der Waals surface area contributed by atoms with Crippen LogP contribution in [-0.4, -0.2) is 16.0 Å². The fourth-order valence-electron chi connectivity index (χ4n) is 5.35. The molecule has 1 aromatic rings. The van der Waals surface area contributed by atoms with Crippen LogP contribution in [0.3, 0.4) is 0 Å². The van der Waals surface area contributed by atoms with Gasteiger partial charge in [-0.2, -0.15) is 0 Å². The van der Waals surface area contributed by atoms with Crippen LogP contribution in [0.15, 0.2) is 18.2 Å². The highest BCUT2D eigenvalue weighted by Gasteiger charge is 2.55. The van der Waals surface area contributed by atoms with Crippen LogP contribution >= 0.6 is 0 Å². The quantitative estimate of drug-likeness (QED) is 0.769. The maximum atomic E-state index is 12.3. The molecule has 0 heterocycles. The molecule has 0 spiro atoms. The Labute approximate surface area is 125 Å². The van der Waals surface area contributed by atoms with E-state index in [1.807, 2.05) is 6.07 Å². The van der Waals surface area contributed by atoms with Gasteiger partial charge in [-0.3, -0.25) is 4.79 Å². The molecular formula is C18H22O3. The third-order valence-corrected chi connectivity index (χ3v) is 6.47. The Bertz CT molecular complexity index is 608. The van der Waals surface area contributed by atoms with Crippen LogP contribution in [0.5, 0.6) is 5.75 Å². The number of rotatable bonds is 0. The minimum Gasteiger partial charge on any atom is -0.508 e. The summed E-state index contributed by atoms with van der Waals surface area (Å²) in [6.45, 7) is 2.14. The first kappa shape index (κ1) is 13.3. The van der Waals surface area contributed by atoms with E-state index in [0.29, 0.717) is 30.0 Å². The Balaban J connectivity index is 1.77. The fourth-order valence-corrected chi connectivity index (χ4v) is 5.35. The Morgan fingerprint density at radius 1 is 1.24 bits per heavy atom. The minimum absolute atomic E-state index is 0.157. The zero-order chi connectivity index (χ0) is 14.8. The van der Waals surface area contributed by atoms with Crippen LogP contribution in [0.25, 0.3) is 0 Å². The topological polar surface area (TPSA) is 57.5 Å². The summed E-state index contributed by atoms with van der Waals surface area (Å²) in [5.41, 5.74) is 1.93. The molecule has 2 saturated carbocycles. The number of carbonyl (C=O) groups is 1. The van der Waals surface area contributed by atoms with Crippen molar-refractivity contribution in [3.8, 4) is 5.75 Å². The average molecular weight is 286 g/mol. The lowest BCUT2D eigenvalue weighted by Gasteiger charge is -2.49. The molecule has 21 heavy (non-hydrogen) atoms. The Kier molecular flexibility index (Phi) is 2.74. The molecular weight excluding hydrogens is 264 g/mol. The van der Waals surface area contributed by atoms with E-state index in [2.05, 4.69) is 6.92 Å². The Morgan fingerprint density at radius 3 is 2.86 bits per heavy atom. The molecule has 3 nitrogen and oxygen atoms in total. The molecule has 2 N–H and O–H groups in total. The van der Waals surface area contributed by atoms with Crippen LogP contribution in [0.1, 0.15) is 62.2 Å². The van der Waals surface area contributed by atoms with Crippen molar-refractivity contribution >= 4 is 5.78 Å². The summed E-state index contributed by atoms with van der Waals surface area (Å²) in [7, 11) is 0. The van der Waals surface area contributed by atoms with Crippen LogP contribution in [0.4, 0.5) is 0 Å². The molecule has 0 bridgehead atoms. The highest BCUT2D eigenvalue weighted by molar-refractivity contribution is 5.87. The molecule has 3 aliphatic rings. The summed E-state index contributed by atoms with van der Waals surface area (Å²) >= 11 is 0. The number of hydrogen-bond donors (Lipinski definition) is 2. The van der Waals surface area contributed by atoms with Gasteiger partial charge in [-0.15, -0.1) is 0 Å². The largest absolute Gasteiger partial charge is 0.508 e. The predicted molar refractivity (Wildman–Crippen MR) is 79.0 cm³/mol. The molecule has 5 atom stereocenters. The zero-order valence-corrected chi connectivity index (χ0v) is 12.4. The summed E-state index contributed by atoms with van der Waals surface area (Å²) in [6.07, 6.45) is 3.90. The molecule has 3 heteroatoms. The van der Waals surface area contributed by atoms with E-state index in [1.165, 1.54) is 5.56 Å². The van der Waals surface area contributed by atoms with Gasteiger partial charge in [-0.05, 0) is 66.7 Å². The van der Waals surface area contributed by atoms with Crippen molar-refractivity contribution in [2.24, 2.45) is 17.3 Å². The normalized spacial score (nSPS) is 41.3. The summed E-state index contributed by atoms with van der Waals surface area (Å²) < 4.78 is 0. The third kappa shape index (κ3) is 1.73. The lowest BCUT2D eigenvalue weighted by molar-refractivity contribution is -0.129. The smallest absolute Gasteiger partial charge is 0.139 e. The molecule has 4 rings (SSSR count). The van der Waals surface area contributed by atoms with Crippen molar-refractivity contribution in [2.45, 2.75) is 51.0 Å². The van der Waals surface area contributed by atoms with Crippen molar-refractivity contribution in [1.29, 1.82) is 0 Å². The number of aromatic hydroxyl groups is 1. The lowest BCUT2D eigenvalue weighted by Crippen LogP contribution is -2.43. The van der Waals surface area contributed by atoms with Crippen LogP contribution in [-0.2, 0) is 4.79 Å². The van der Waals surface area contributed by atoms with Crippen molar-refractivity contribution in [3.63, 3.8) is 0 Å². The van der Waals surface area contributed by atoms with Crippen LogP contribution in [0.2, 0.25) is 0 Å². The number of carbonyl (C=O) groups excluding carboxylic acids is 1. The first-order valence-electron chi connectivity index (χ1n) is 8.05. The first-order chi connectivity index (χ1) is 10.0. The van der Waals surface area contributed by atoms with E-state index in [1.54, 1.807) is 12.1 Å². The maximum Gasteiger partial charge on any atom is 0.139 e. The molecule has 0 aromatic heterocycles. The standard InChI is InChI=1S/C18H22O3/c1-18-7-6-12-11-3-2-10(19)8-14(11)16(20)9-13(12)15(18)4-5-17(18)21/h2-3,8,12-13,15-16,19-20H,4-7,9H2,1H3/t12-,13-,15+,16?,18+/m1/s1. The van der Waals surface area contributed by atoms with Crippen LogP contribution < -0.4 is 0 Å². The SMILES string of the molecule is C[C@]12CC[C@@H]3c4ccc(O)cc4C(O)C[C@H]3[C@@H]1CCC2=O. The van der Waals surface area contributed by atoms with Gasteiger partial charge in [0.05, 0.1) is 6.10 Å². The maximum absolute atomic E-state index is 12.3. The summed E-state index contributed by atoms with van der Waals surface area (Å²) in [5.74, 6) is 1.91. The van der Waals surface area contributed by atoms with E-state index in [-0.39, 0.29) is 11.2 Å². The highest BCUT2D eigenvalue weighted by atomic mass is 16.3. The van der Waals surface area contributed by atoms with Gasteiger partial charge >= 0.3 is 0 Å². The van der Waals surface area contributed by atoms with Crippen molar-refractivity contribution < 1.29 is 15.0 Å². The van der Waals surface area contributed by atoms with E-state index in [4.69, 9.17) is 0 Å². The number of fused-ring (bicyclic) bond motifs is 5. The number of phenolic OH excluding ortho intramolecular Hbond substituents is 1. The molecule has 3 aliphatic carbocycles. The van der Waals surface area contributed by atoms with E-state index < -0.39 is 6.10 Å². The van der Waals surface area contributed by atoms with Crippen LogP contribution in [0, 0.1) is 17.3 Å². The van der Waals surface area contributed by atoms with Gasteiger partial charge in [-0.1, -0.05) is 13.0 Å². The van der Waals surface area contributed by atoms with Gasteiger partial charge in [0.25, 0.3) is 0 Å². The molecule has 0 saturated heterocycles. The van der Waals surface area contributed by atoms with Gasteiger partial charge in [0.15, 0.2) is 0 Å². The second kappa shape index (κ2) is 4.33. The van der Waals surface area contributed by atoms with E-state index in [9.17, 15) is 15.0 Å². The van der Waals surface area contributed by atoms with Crippen molar-refractivity contribution in [1.82, 2.24) is 0 Å². The van der Waals surface area contributed by atoms with Gasteiger partial charge in [-0.25, -0.2) is 0 Å². The number of Topliss-reactive ketones (excluding diaryl/α,β-unsaturated/α-hetero) is 1. The number of phenols is 1. The molecule has 0 amide bonds. The number of hydrogen-bond acceptors (Lipinski definition) is 3. The van der Waals surface area contributed by atoms with Crippen molar-refractivity contribution in [2.75, 3.05) is 0 Å². The lowest BCUT2D eigenvalue weighted by atomic mass is 9.55. The molecule has 112 valence electrons. The molecule has 0 aliphatic heterocycles. The minimum atomic E-state index is -0.508. The number of aliphatic hydroxyl groups excluding tert-OH is 1. The first-order valence-corrected chi connectivity index (χ1v) is 8.05. The summed E-state index contributed by atoms with van der Waals surface area (Å²) in [5, 5.41) is 20.2. The van der Waals surface area contributed by atoms with E-state index >= 15 is 0 Å². The van der Waals surface area contributed by atoms with E-state index in [0.717, 1.165) is 31.2 Å². The molecule has 1 aromatic carbocycles. The molecule has 0 radical (unpaired) electrons. The highest BCUT2D eigenvalue weighted by Crippen LogP contribution is 2.60. The predicted octanol–water partition coefficient (Wildman–Crippen LogP) is 3.31. The second-order valence-electron chi connectivity index (χ2n) is 7.36. The third-order valence-electron chi connectivity index (χ3n) is 6.47. The Morgan fingerprint density at radius 2 is 2.05 bits per heavy atom. The summed E-state index contributed by atoms with van der Waals surface area (Å²) in [6, 6.07) is 5.41. The molecule has 1 unspecified atom stereocenters. The van der Waals surface area contributed by atoms with Gasteiger partial charge < -0.3 is 10.2 Å².